The number of rotatable bonds is 5. The molecule has 2 aromatic carbocycles. The number of aryl methyl sites for hydroxylation is 1. The highest BCUT2D eigenvalue weighted by atomic mass is 19.1. The third-order valence-electron chi connectivity index (χ3n) is 5.39. The normalized spacial score (nSPS) is 11.0. The summed E-state index contributed by atoms with van der Waals surface area (Å²) in [7, 11) is 0. The lowest BCUT2D eigenvalue weighted by Crippen LogP contribution is -2.22. The molecule has 0 radical (unpaired) electrons. The molecule has 2 heterocycles. The monoisotopic (exact) mass is 387 g/mol. The van der Waals surface area contributed by atoms with Crippen molar-refractivity contribution in [1.29, 1.82) is 0 Å². The van der Waals surface area contributed by atoms with Crippen LogP contribution in [0.25, 0.3) is 10.9 Å². The van der Waals surface area contributed by atoms with Crippen molar-refractivity contribution in [2.24, 2.45) is 0 Å². The number of hydrogen-bond donors (Lipinski definition) is 1. The summed E-state index contributed by atoms with van der Waals surface area (Å²) < 4.78 is 16.2. The number of amides is 1. The topological polar surface area (TPSA) is 46.9 Å². The summed E-state index contributed by atoms with van der Waals surface area (Å²) >= 11 is 0. The van der Waals surface area contributed by atoms with Gasteiger partial charge in [-0.15, -0.1) is 0 Å². The van der Waals surface area contributed by atoms with E-state index in [4.69, 9.17) is 0 Å². The number of pyridine rings is 1. The molecule has 0 fully saturated rings. The molecule has 0 saturated carbocycles. The molecular weight excluding hydrogens is 365 g/mol. The van der Waals surface area contributed by atoms with Crippen LogP contribution in [0.4, 0.5) is 4.39 Å². The molecule has 0 spiro atoms. The van der Waals surface area contributed by atoms with Gasteiger partial charge in [0.05, 0.1) is 6.54 Å². The second kappa shape index (κ2) is 7.87. The van der Waals surface area contributed by atoms with Gasteiger partial charge < -0.3 is 9.88 Å². The number of benzene rings is 2. The van der Waals surface area contributed by atoms with Gasteiger partial charge in [-0.25, -0.2) is 4.39 Å². The predicted molar refractivity (Wildman–Crippen MR) is 112 cm³/mol. The Morgan fingerprint density at radius 2 is 1.83 bits per heavy atom. The number of fused-ring (bicyclic) bond motifs is 1. The number of aromatic nitrogens is 2. The van der Waals surface area contributed by atoms with E-state index in [-0.39, 0.29) is 11.7 Å². The van der Waals surface area contributed by atoms with Crippen molar-refractivity contribution in [1.82, 2.24) is 14.9 Å². The standard InChI is InChI=1S/C24H22FN3O/c1-16-17(2)28(15-20-5-3-4-6-22(20)25)23-8-7-19(13-21(16)23)24(29)27-14-18-9-11-26-12-10-18/h3-13H,14-15H2,1-2H3,(H,27,29). The van der Waals surface area contributed by atoms with E-state index < -0.39 is 0 Å². The second-order valence-corrected chi connectivity index (χ2v) is 7.16. The molecule has 0 saturated heterocycles. The summed E-state index contributed by atoms with van der Waals surface area (Å²) in [5.74, 6) is -0.332. The number of nitrogens with zero attached hydrogens (tertiary/aromatic N) is 2. The SMILES string of the molecule is Cc1c(C)n(Cc2ccccc2F)c2ccc(C(=O)NCc3ccncc3)cc12. The van der Waals surface area contributed by atoms with Crippen LogP contribution >= 0.6 is 0 Å². The van der Waals surface area contributed by atoms with Crippen LogP contribution in [-0.4, -0.2) is 15.5 Å². The zero-order chi connectivity index (χ0) is 20.4. The number of hydrogen-bond acceptors (Lipinski definition) is 2. The highest BCUT2D eigenvalue weighted by Gasteiger charge is 2.15. The maximum atomic E-state index is 14.1. The highest BCUT2D eigenvalue weighted by molar-refractivity contribution is 5.99. The van der Waals surface area contributed by atoms with Gasteiger partial charge in [-0.05, 0) is 61.4 Å². The third kappa shape index (κ3) is 3.76. The van der Waals surface area contributed by atoms with E-state index in [9.17, 15) is 9.18 Å². The summed E-state index contributed by atoms with van der Waals surface area (Å²) in [6.07, 6.45) is 3.41. The van der Waals surface area contributed by atoms with Crippen molar-refractivity contribution in [3.05, 3.63) is 101 Å². The Kier molecular flexibility index (Phi) is 5.12. The van der Waals surface area contributed by atoms with Crippen LogP contribution in [-0.2, 0) is 13.1 Å². The van der Waals surface area contributed by atoms with Crippen LogP contribution in [0.3, 0.4) is 0 Å². The minimum Gasteiger partial charge on any atom is -0.348 e. The molecule has 0 aliphatic carbocycles. The molecule has 146 valence electrons. The van der Waals surface area contributed by atoms with Crippen LogP contribution in [0.5, 0.6) is 0 Å². The van der Waals surface area contributed by atoms with Gasteiger partial charge in [-0.2, -0.15) is 0 Å². The van der Waals surface area contributed by atoms with Gasteiger partial charge >= 0.3 is 0 Å². The average Bonchev–Trinajstić information content (AvgIpc) is 2.98. The van der Waals surface area contributed by atoms with E-state index in [1.54, 1.807) is 24.5 Å². The molecule has 0 aliphatic rings. The van der Waals surface area contributed by atoms with E-state index in [0.29, 0.717) is 24.2 Å². The third-order valence-corrected chi connectivity index (χ3v) is 5.39. The van der Waals surface area contributed by atoms with Crippen LogP contribution in [0.2, 0.25) is 0 Å². The summed E-state index contributed by atoms with van der Waals surface area (Å²) in [6.45, 7) is 4.97. The Balaban J connectivity index is 1.62. The maximum absolute atomic E-state index is 14.1. The van der Waals surface area contributed by atoms with E-state index in [0.717, 1.165) is 27.7 Å². The molecule has 2 aromatic heterocycles. The lowest BCUT2D eigenvalue weighted by atomic mass is 10.1. The van der Waals surface area contributed by atoms with Crippen molar-refractivity contribution in [3.8, 4) is 0 Å². The zero-order valence-corrected chi connectivity index (χ0v) is 16.4. The van der Waals surface area contributed by atoms with Crippen molar-refractivity contribution < 1.29 is 9.18 Å². The van der Waals surface area contributed by atoms with Gasteiger partial charge in [0.1, 0.15) is 5.82 Å². The molecular formula is C24H22FN3O. The Labute approximate surface area is 169 Å². The molecule has 0 aliphatic heterocycles. The first-order chi connectivity index (χ1) is 14.0. The van der Waals surface area contributed by atoms with E-state index in [1.165, 1.54) is 6.07 Å². The lowest BCUT2D eigenvalue weighted by molar-refractivity contribution is 0.0951. The first-order valence-corrected chi connectivity index (χ1v) is 9.54. The minimum atomic E-state index is -0.210. The smallest absolute Gasteiger partial charge is 0.251 e. The molecule has 4 aromatic rings. The fraction of sp³-hybridized carbons (Fsp3) is 0.167. The van der Waals surface area contributed by atoms with E-state index in [1.807, 2.05) is 50.2 Å². The van der Waals surface area contributed by atoms with Crippen LogP contribution in [0.1, 0.15) is 32.7 Å². The molecule has 4 nitrogen and oxygen atoms in total. The number of nitrogens with one attached hydrogen (secondary N) is 1. The fourth-order valence-corrected chi connectivity index (χ4v) is 3.58. The summed E-state index contributed by atoms with van der Waals surface area (Å²) in [4.78, 5) is 16.6. The van der Waals surface area contributed by atoms with Crippen LogP contribution in [0, 0.1) is 19.7 Å². The molecule has 0 bridgehead atoms. The summed E-state index contributed by atoms with van der Waals surface area (Å²) in [5, 5.41) is 3.95. The first kappa shape index (κ1) is 18.9. The van der Waals surface area contributed by atoms with Crippen molar-refractivity contribution in [2.75, 3.05) is 0 Å². The Hall–Kier alpha value is -3.47. The van der Waals surface area contributed by atoms with Gasteiger partial charge in [0, 0.05) is 46.7 Å². The maximum Gasteiger partial charge on any atom is 0.251 e. The molecule has 0 atom stereocenters. The molecule has 5 heteroatoms. The molecule has 1 amide bonds. The van der Waals surface area contributed by atoms with Crippen LogP contribution < -0.4 is 5.32 Å². The van der Waals surface area contributed by atoms with Crippen molar-refractivity contribution >= 4 is 16.8 Å². The molecule has 1 N–H and O–H groups in total. The summed E-state index contributed by atoms with van der Waals surface area (Å²) in [6, 6.07) is 16.2. The lowest BCUT2D eigenvalue weighted by Gasteiger charge is -2.10. The first-order valence-electron chi connectivity index (χ1n) is 9.54. The van der Waals surface area contributed by atoms with Gasteiger partial charge in [0.2, 0.25) is 0 Å². The van der Waals surface area contributed by atoms with Crippen LogP contribution in [0.15, 0.2) is 67.0 Å². The van der Waals surface area contributed by atoms with Gasteiger partial charge in [-0.3, -0.25) is 9.78 Å². The number of halogens is 1. The summed E-state index contributed by atoms with van der Waals surface area (Å²) in [5.41, 5.74) is 5.41. The predicted octanol–water partition coefficient (Wildman–Crippen LogP) is 4.77. The van der Waals surface area contributed by atoms with Gasteiger partial charge in [0.15, 0.2) is 0 Å². The Bertz CT molecular complexity index is 1180. The molecule has 29 heavy (non-hydrogen) atoms. The molecule has 0 unspecified atom stereocenters. The van der Waals surface area contributed by atoms with Gasteiger partial charge in [-0.1, -0.05) is 18.2 Å². The van der Waals surface area contributed by atoms with Crippen molar-refractivity contribution in [3.63, 3.8) is 0 Å². The van der Waals surface area contributed by atoms with Gasteiger partial charge in [0.25, 0.3) is 5.91 Å². The van der Waals surface area contributed by atoms with Crippen molar-refractivity contribution in [2.45, 2.75) is 26.9 Å². The zero-order valence-electron chi connectivity index (χ0n) is 16.4. The van der Waals surface area contributed by atoms with E-state index in [2.05, 4.69) is 14.9 Å². The average molecular weight is 387 g/mol. The largest absolute Gasteiger partial charge is 0.348 e. The minimum absolute atomic E-state index is 0.123. The quantitative estimate of drug-likeness (QED) is 0.536. The fourth-order valence-electron chi connectivity index (χ4n) is 3.58. The Morgan fingerprint density at radius 1 is 1.07 bits per heavy atom. The number of carbonyl (C=O) groups is 1. The number of carbonyl (C=O) groups excluding carboxylic acids is 1. The second-order valence-electron chi connectivity index (χ2n) is 7.16. The molecule has 4 rings (SSSR count). The Morgan fingerprint density at radius 3 is 2.59 bits per heavy atom. The highest BCUT2D eigenvalue weighted by Crippen LogP contribution is 2.27. The van der Waals surface area contributed by atoms with E-state index >= 15 is 0 Å².